The van der Waals surface area contributed by atoms with Crippen LogP contribution in [0.2, 0.25) is 0 Å². The third kappa shape index (κ3) is 55.6. The molecule has 0 N–H and O–H groups in total. The van der Waals surface area contributed by atoms with Crippen LogP contribution in [0.4, 0.5) is 0 Å². The van der Waals surface area contributed by atoms with Gasteiger partial charge in [-0.3, -0.25) is 14.4 Å². The first-order valence-electron chi connectivity index (χ1n) is 27.7. The van der Waals surface area contributed by atoms with Crippen LogP contribution in [0, 0.1) is 0 Å². The Balaban J connectivity index is 4.61. The Morgan fingerprint density at radius 2 is 0.606 bits per heavy atom. The maximum atomic E-state index is 12.9. The number of allylic oxidation sites excluding steroid dienone is 28. The number of carbonyl (C=O) groups is 3. The molecule has 0 heterocycles. The minimum Gasteiger partial charge on any atom is -0.462 e. The van der Waals surface area contributed by atoms with Crippen LogP contribution in [0.15, 0.2) is 170 Å². The van der Waals surface area contributed by atoms with E-state index in [1.54, 1.807) is 0 Å². The molecule has 0 aliphatic heterocycles. The highest BCUT2D eigenvalue weighted by Crippen LogP contribution is 2.12. The molecule has 0 aromatic carbocycles. The molecule has 0 amide bonds. The Labute approximate surface area is 434 Å². The average Bonchev–Trinajstić information content (AvgIpc) is 3.37. The second kappa shape index (κ2) is 57.3. The van der Waals surface area contributed by atoms with E-state index in [1.807, 2.05) is 36.5 Å². The van der Waals surface area contributed by atoms with E-state index in [0.717, 1.165) is 154 Å². The van der Waals surface area contributed by atoms with Crippen molar-refractivity contribution in [2.75, 3.05) is 13.2 Å². The number of hydrogen-bond acceptors (Lipinski definition) is 6. The summed E-state index contributed by atoms with van der Waals surface area (Å²) in [6.45, 7) is 6.22. The number of carbonyl (C=O) groups excluding carboxylic acids is 3. The SMILES string of the molecule is CC/C=C\C/C=C\C/C=C\C/C=C\C/C=C\CCCCCC(=O)OCC(COC(=O)CCCCC/C=C\C/C=C\C/C=C\C/C=C\CC)OC(=O)CCCCCCC\C=C/C=C\C=C/C=C\C=C/CCC. The van der Waals surface area contributed by atoms with E-state index in [2.05, 4.69) is 154 Å². The molecule has 0 radical (unpaired) electrons. The van der Waals surface area contributed by atoms with Crippen LogP contribution < -0.4 is 0 Å². The zero-order valence-corrected chi connectivity index (χ0v) is 44.9. The Morgan fingerprint density at radius 1 is 0.310 bits per heavy atom. The number of rotatable bonds is 47. The predicted octanol–water partition coefficient (Wildman–Crippen LogP) is 18.8. The fourth-order valence-corrected chi connectivity index (χ4v) is 6.72. The van der Waals surface area contributed by atoms with Crippen molar-refractivity contribution >= 4 is 17.9 Å². The van der Waals surface area contributed by atoms with Crippen LogP contribution in [0.3, 0.4) is 0 Å². The molecule has 394 valence electrons. The first-order chi connectivity index (χ1) is 35.0. The zero-order valence-electron chi connectivity index (χ0n) is 44.9. The third-order valence-corrected chi connectivity index (χ3v) is 10.8. The van der Waals surface area contributed by atoms with Crippen molar-refractivity contribution in [3.05, 3.63) is 170 Å². The van der Waals surface area contributed by atoms with Crippen molar-refractivity contribution in [2.24, 2.45) is 0 Å². The van der Waals surface area contributed by atoms with Crippen LogP contribution in [0.5, 0.6) is 0 Å². The molecule has 1 atom stereocenters. The zero-order chi connectivity index (χ0) is 51.4. The molecule has 0 aliphatic carbocycles. The van der Waals surface area contributed by atoms with E-state index in [9.17, 15) is 14.4 Å². The first kappa shape index (κ1) is 65.8. The van der Waals surface area contributed by atoms with Gasteiger partial charge in [0.25, 0.3) is 0 Å². The molecular weight excluding hydrogens is 877 g/mol. The van der Waals surface area contributed by atoms with Crippen molar-refractivity contribution in [3.63, 3.8) is 0 Å². The maximum absolute atomic E-state index is 12.9. The van der Waals surface area contributed by atoms with E-state index in [1.165, 1.54) is 6.42 Å². The number of ether oxygens (including phenoxy) is 3. The van der Waals surface area contributed by atoms with E-state index in [-0.39, 0.29) is 37.5 Å². The largest absolute Gasteiger partial charge is 0.462 e. The molecular formula is C65H98O6. The van der Waals surface area contributed by atoms with Gasteiger partial charge >= 0.3 is 17.9 Å². The molecule has 1 unspecified atom stereocenters. The van der Waals surface area contributed by atoms with Gasteiger partial charge in [-0.05, 0) is 122 Å². The Hall–Kier alpha value is -5.23. The van der Waals surface area contributed by atoms with Gasteiger partial charge in [0.15, 0.2) is 6.10 Å². The monoisotopic (exact) mass is 975 g/mol. The highest BCUT2D eigenvalue weighted by molar-refractivity contribution is 5.71. The van der Waals surface area contributed by atoms with Crippen molar-refractivity contribution in [3.8, 4) is 0 Å². The molecule has 0 aliphatic rings. The summed E-state index contributed by atoms with van der Waals surface area (Å²) in [5.74, 6) is -1.02. The van der Waals surface area contributed by atoms with Gasteiger partial charge in [-0.25, -0.2) is 0 Å². The van der Waals surface area contributed by atoms with Gasteiger partial charge in [-0.15, -0.1) is 0 Å². The fraction of sp³-hybridized carbons (Fsp3) is 0.523. The van der Waals surface area contributed by atoms with Crippen molar-refractivity contribution in [1.82, 2.24) is 0 Å². The van der Waals surface area contributed by atoms with Gasteiger partial charge in [0.2, 0.25) is 0 Å². The van der Waals surface area contributed by atoms with Gasteiger partial charge in [-0.1, -0.05) is 229 Å². The molecule has 6 heteroatoms. The van der Waals surface area contributed by atoms with Crippen molar-refractivity contribution < 1.29 is 28.6 Å². The molecule has 0 aromatic rings. The topological polar surface area (TPSA) is 78.9 Å². The van der Waals surface area contributed by atoms with Crippen LogP contribution >= 0.6 is 0 Å². The van der Waals surface area contributed by atoms with E-state index in [4.69, 9.17) is 14.2 Å². The maximum Gasteiger partial charge on any atom is 0.306 e. The number of hydrogen-bond donors (Lipinski definition) is 0. The first-order valence-corrected chi connectivity index (χ1v) is 27.7. The fourth-order valence-electron chi connectivity index (χ4n) is 6.72. The summed E-state index contributed by atoms with van der Waals surface area (Å²) in [4.78, 5) is 38.2. The summed E-state index contributed by atoms with van der Waals surface area (Å²) in [5, 5.41) is 0. The third-order valence-electron chi connectivity index (χ3n) is 10.8. The van der Waals surface area contributed by atoms with Gasteiger partial charge in [0.05, 0.1) is 0 Å². The lowest BCUT2D eigenvalue weighted by molar-refractivity contribution is -0.167. The molecule has 0 saturated carbocycles. The summed E-state index contributed by atoms with van der Waals surface area (Å²) in [6, 6.07) is 0. The second-order valence-electron chi connectivity index (χ2n) is 17.5. The lowest BCUT2D eigenvalue weighted by Gasteiger charge is -2.18. The van der Waals surface area contributed by atoms with E-state index >= 15 is 0 Å². The Bertz CT molecular complexity index is 1690. The Kier molecular flexibility index (Phi) is 53.1. The standard InChI is InChI=1S/C65H98O6/c1-4-7-10-13-16-19-22-25-28-31-33-35-37-40-43-46-49-52-55-58-64(67)70-61-62(60-69-63(66)57-54-51-48-45-42-39-36-30-27-24-21-18-15-12-9-6-3)71-65(68)59-56-53-50-47-44-41-38-34-32-29-26-23-20-17-14-11-8-5-2/h7,9-12,14,16-21,23,25-30,32-35,38-40,42-43,62H,4-6,8,13,15,22,24,31,36-37,41,44-61H2,1-3H3/b10-7-,12-9-,14-11-,19-16-,20-17-,21-18-,26-23-,28-25-,30-27-,32-29-,35-33-,38-34-,42-39-,43-40-. The summed E-state index contributed by atoms with van der Waals surface area (Å²) in [7, 11) is 0. The highest BCUT2D eigenvalue weighted by Gasteiger charge is 2.19. The molecule has 0 saturated heterocycles. The summed E-state index contributed by atoms with van der Waals surface area (Å²) in [6.07, 6.45) is 84.7. The van der Waals surface area contributed by atoms with Gasteiger partial charge in [0.1, 0.15) is 13.2 Å². The molecule has 71 heavy (non-hydrogen) atoms. The van der Waals surface area contributed by atoms with Crippen LogP contribution in [-0.4, -0.2) is 37.2 Å². The van der Waals surface area contributed by atoms with E-state index < -0.39 is 6.10 Å². The van der Waals surface area contributed by atoms with E-state index in [0.29, 0.717) is 12.8 Å². The van der Waals surface area contributed by atoms with Gasteiger partial charge in [-0.2, -0.15) is 0 Å². The molecule has 6 nitrogen and oxygen atoms in total. The van der Waals surface area contributed by atoms with Crippen LogP contribution in [0.25, 0.3) is 0 Å². The van der Waals surface area contributed by atoms with Gasteiger partial charge in [0, 0.05) is 19.3 Å². The van der Waals surface area contributed by atoms with Crippen LogP contribution in [0.1, 0.15) is 201 Å². The lowest BCUT2D eigenvalue weighted by Crippen LogP contribution is -2.30. The highest BCUT2D eigenvalue weighted by atomic mass is 16.6. The summed E-state index contributed by atoms with van der Waals surface area (Å²) in [5.41, 5.74) is 0. The lowest BCUT2D eigenvalue weighted by atomic mass is 10.1. The normalized spacial score (nSPS) is 13.5. The minimum absolute atomic E-state index is 0.125. The minimum atomic E-state index is -0.829. The number of unbranched alkanes of at least 4 members (excludes halogenated alkanes) is 12. The molecule has 0 bridgehead atoms. The average molecular weight is 975 g/mol. The summed E-state index contributed by atoms with van der Waals surface area (Å²) >= 11 is 0. The van der Waals surface area contributed by atoms with Gasteiger partial charge < -0.3 is 14.2 Å². The molecule has 0 spiro atoms. The quantitative estimate of drug-likeness (QED) is 0.0199. The van der Waals surface area contributed by atoms with Crippen LogP contribution in [-0.2, 0) is 28.6 Å². The second-order valence-corrected chi connectivity index (χ2v) is 17.5. The van der Waals surface area contributed by atoms with Crippen molar-refractivity contribution in [1.29, 1.82) is 0 Å². The summed E-state index contributed by atoms with van der Waals surface area (Å²) < 4.78 is 16.8. The smallest absolute Gasteiger partial charge is 0.306 e. The van der Waals surface area contributed by atoms with Crippen molar-refractivity contribution in [2.45, 2.75) is 207 Å². The molecule has 0 rings (SSSR count). The number of esters is 3. The Morgan fingerprint density at radius 3 is 1.00 bits per heavy atom. The molecule has 0 fully saturated rings. The molecule has 0 aromatic heterocycles. The predicted molar refractivity (Wildman–Crippen MR) is 306 cm³/mol.